The van der Waals surface area contributed by atoms with E-state index in [1.54, 1.807) is 25.2 Å². The van der Waals surface area contributed by atoms with Gasteiger partial charge >= 0.3 is 24.3 Å². The van der Waals surface area contributed by atoms with Crippen LogP contribution in [0, 0.1) is 23.7 Å². The summed E-state index contributed by atoms with van der Waals surface area (Å²) >= 11 is 1.74. The zero-order valence-corrected chi connectivity index (χ0v) is 23.3. The van der Waals surface area contributed by atoms with Crippen LogP contribution in [0.15, 0.2) is 12.1 Å². The number of likely N-dealkylation sites (tertiary alicyclic amines) is 1. The van der Waals surface area contributed by atoms with Gasteiger partial charge in [-0.15, -0.1) is 11.3 Å². The van der Waals surface area contributed by atoms with Gasteiger partial charge in [0.2, 0.25) is 0 Å². The summed E-state index contributed by atoms with van der Waals surface area (Å²) in [5.41, 5.74) is -0.925. The van der Waals surface area contributed by atoms with E-state index in [9.17, 15) is 31.4 Å². The minimum Gasteiger partial charge on any atom is -0.475 e. The summed E-state index contributed by atoms with van der Waals surface area (Å²) in [7, 11) is 2.22. The standard InChI is InChI=1S/C21H34N2OS.2C2HF3O2/c1-17(2)14-23-12-9-18(10-13-23)15-22(5)16-20-7-6-19(25-20)8-11-21(3,4)24;2*3-2(4,5)1(6)7/h6-7,17-18,24H,9-10,12-16H2,1-5H3;2*(H,6,7). The number of aliphatic carboxylic acids is 2. The molecule has 1 aromatic heterocycles. The van der Waals surface area contributed by atoms with Crippen molar-refractivity contribution in [1.82, 2.24) is 9.80 Å². The summed E-state index contributed by atoms with van der Waals surface area (Å²) in [5, 5.41) is 23.9. The van der Waals surface area contributed by atoms with Gasteiger partial charge in [-0.2, -0.15) is 26.3 Å². The molecule has 0 spiro atoms. The van der Waals surface area contributed by atoms with Crippen LogP contribution in [0.5, 0.6) is 0 Å². The Kier molecular flexibility index (Phi) is 15.1. The van der Waals surface area contributed by atoms with Crippen LogP contribution in [-0.4, -0.2) is 88.2 Å². The molecule has 1 saturated heterocycles. The Labute approximate surface area is 228 Å². The molecule has 2 rings (SSSR count). The molecular weight excluding hydrogens is 554 g/mol. The van der Waals surface area contributed by atoms with Crippen LogP contribution >= 0.6 is 11.3 Å². The molecule has 0 radical (unpaired) electrons. The Morgan fingerprint density at radius 3 is 1.90 bits per heavy atom. The minimum absolute atomic E-state index is 0.770. The van der Waals surface area contributed by atoms with Gasteiger partial charge < -0.3 is 25.1 Å². The average Bonchev–Trinajstić information content (AvgIpc) is 3.19. The topological polar surface area (TPSA) is 101 Å². The van der Waals surface area contributed by atoms with Gasteiger partial charge in [0.05, 0.1) is 4.88 Å². The second kappa shape index (κ2) is 16.1. The summed E-state index contributed by atoms with van der Waals surface area (Å²) in [6.07, 6.45) is -7.52. The maximum Gasteiger partial charge on any atom is 0.490 e. The Hall–Kier alpha value is -2.34. The Morgan fingerprint density at radius 2 is 1.51 bits per heavy atom. The highest BCUT2D eigenvalue weighted by atomic mass is 32.1. The number of carboxylic acid groups (broad SMARTS) is 2. The molecule has 1 fully saturated rings. The van der Waals surface area contributed by atoms with Gasteiger partial charge in [-0.25, -0.2) is 9.59 Å². The smallest absolute Gasteiger partial charge is 0.475 e. The number of carbonyl (C=O) groups is 2. The van der Waals surface area contributed by atoms with Crippen molar-refractivity contribution in [2.75, 3.05) is 33.2 Å². The number of thiophene rings is 1. The second-order valence-corrected chi connectivity index (χ2v) is 11.2. The molecular formula is C25H36F6N2O5S. The highest BCUT2D eigenvalue weighted by molar-refractivity contribution is 7.12. The fourth-order valence-electron chi connectivity index (χ4n) is 3.38. The lowest BCUT2D eigenvalue weighted by Crippen LogP contribution is -2.39. The molecule has 2 heterocycles. The van der Waals surface area contributed by atoms with Gasteiger partial charge in [0.1, 0.15) is 5.60 Å². The van der Waals surface area contributed by atoms with Crippen molar-refractivity contribution in [3.05, 3.63) is 21.9 Å². The van der Waals surface area contributed by atoms with Crippen LogP contribution in [0.1, 0.15) is 50.3 Å². The maximum absolute atomic E-state index is 10.6. The predicted molar refractivity (Wildman–Crippen MR) is 135 cm³/mol. The average molecular weight is 591 g/mol. The fraction of sp³-hybridized carbons (Fsp3) is 0.680. The monoisotopic (exact) mass is 590 g/mol. The summed E-state index contributed by atoms with van der Waals surface area (Å²) in [4.78, 5) is 25.2. The molecule has 0 atom stereocenters. The Morgan fingerprint density at radius 1 is 1.05 bits per heavy atom. The summed E-state index contributed by atoms with van der Waals surface area (Å²) in [6, 6.07) is 4.23. The molecule has 1 aromatic rings. The van der Waals surface area contributed by atoms with Crippen molar-refractivity contribution in [3.63, 3.8) is 0 Å². The Balaban J connectivity index is 0.000000848. The van der Waals surface area contributed by atoms with Gasteiger partial charge in [0.15, 0.2) is 0 Å². The first-order valence-electron chi connectivity index (χ1n) is 12.0. The number of rotatable bonds is 6. The molecule has 7 nitrogen and oxygen atoms in total. The lowest BCUT2D eigenvalue weighted by Gasteiger charge is -2.34. The normalized spacial score (nSPS) is 15.0. The Bertz CT molecular complexity index is 929. The number of piperidine rings is 1. The van der Waals surface area contributed by atoms with Gasteiger partial charge in [-0.05, 0) is 70.8 Å². The van der Waals surface area contributed by atoms with Crippen molar-refractivity contribution in [1.29, 1.82) is 0 Å². The lowest BCUT2D eigenvalue weighted by molar-refractivity contribution is -0.193. The molecule has 0 bridgehead atoms. The van der Waals surface area contributed by atoms with Crippen LogP contribution < -0.4 is 0 Å². The van der Waals surface area contributed by atoms with Gasteiger partial charge in [0.25, 0.3) is 0 Å². The third kappa shape index (κ3) is 18.6. The van der Waals surface area contributed by atoms with E-state index in [-0.39, 0.29) is 0 Å². The molecule has 3 N–H and O–H groups in total. The first-order chi connectivity index (χ1) is 17.6. The number of hydrogen-bond acceptors (Lipinski definition) is 6. The van der Waals surface area contributed by atoms with Crippen molar-refractivity contribution in [2.24, 2.45) is 11.8 Å². The first-order valence-corrected chi connectivity index (χ1v) is 12.8. The molecule has 1 aliphatic heterocycles. The van der Waals surface area contributed by atoms with Crippen molar-refractivity contribution in [2.45, 2.75) is 65.0 Å². The molecule has 0 saturated carbocycles. The van der Waals surface area contributed by atoms with E-state index in [1.165, 1.54) is 43.9 Å². The molecule has 0 aliphatic carbocycles. The van der Waals surface area contributed by atoms with E-state index in [2.05, 4.69) is 54.7 Å². The van der Waals surface area contributed by atoms with Gasteiger partial charge in [0, 0.05) is 24.5 Å². The predicted octanol–water partition coefficient (Wildman–Crippen LogP) is 4.94. The number of aliphatic hydroxyl groups is 1. The zero-order valence-electron chi connectivity index (χ0n) is 22.5. The molecule has 1 aliphatic rings. The van der Waals surface area contributed by atoms with E-state index in [1.807, 2.05) is 0 Å². The fourth-order valence-corrected chi connectivity index (χ4v) is 4.33. The molecule has 0 amide bonds. The number of nitrogens with zero attached hydrogens (tertiary/aromatic N) is 2. The van der Waals surface area contributed by atoms with Crippen LogP contribution in [0.4, 0.5) is 26.3 Å². The van der Waals surface area contributed by atoms with Crippen LogP contribution in [-0.2, 0) is 16.1 Å². The zero-order chi connectivity index (χ0) is 30.6. The first kappa shape index (κ1) is 36.7. The number of halogens is 6. The molecule has 224 valence electrons. The van der Waals surface area contributed by atoms with Crippen LogP contribution in [0.3, 0.4) is 0 Å². The number of alkyl halides is 6. The number of hydrogen-bond donors (Lipinski definition) is 3. The summed E-state index contributed by atoms with van der Waals surface area (Å²) < 4.78 is 63.5. The minimum atomic E-state index is -5.08. The van der Waals surface area contributed by atoms with E-state index >= 15 is 0 Å². The van der Waals surface area contributed by atoms with E-state index < -0.39 is 29.9 Å². The quantitative estimate of drug-likeness (QED) is 0.319. The van der Waals surface area contributed by atoms with Crippen molar-refractivity contribution < 1.29 is 51.3 Å². The molecule has 39 heavy (non-hydrogen) atoms. The van der Waals surface area contributed by atoms with E-state index in [0.29, 0.717) is 0 Å². The number of carboxylic acids is 2. The van der Waals surface area contributed by atoms with Crippen LogP contribution in [0.2, 0.25) is 0 Å². The van der Waals surface area contributed by atoms with Gasteiger partial charge in [-0.3, -0.25) is 0 Å². The third-order valence-electron chi connectivity index (χ3n) is 4.96. The van der Waals surface area contributed by atoms with Crippen molar-refractivity contribution in [3.8, 4) is 11.8 Å². The second-order valence-electron chi connectivity index (χ2n) is 10.0. The summed E-state index contributed by atoms with van der Waals surface area (Å²) in [6.45, 7) is 14.0. The SMILES string of the molecule is CC(C)CN1CCC(CN(C)Cc2ccc(C#CC(C)(C)O)s2)CC1.O=C(O)C(F)(F)F.O=C(O)C(F)(F)F. The van der Waals surface area contributed by atoms with E-state index in [0.717, 1.165) is 23.3 Å². The lowest BCUT2D eigenvalue weighted by atomic mass is 9.95. The highest BCUT2D eigenvalue weighted by Gasteiger charge is 2.38. The molecule has 0 aromatic carbocycles. The highest BCUT2D eigenvalue weighted by Crippen LogP contribution is 2.22. The summed E-state index contributed by atoms with van der Waals surface area (Å²) in [5.74, 6) is 2.04. The maximum atomic E-state index is 10.6. The third-order valence-corrected chi connectivity index (χ3v) is 5.95. The largest absolute Gasteiger partial charge is 0.490 e. The molecule has 14 heteroatoms. The van der Waals surface area contributed by atoms with Crippen molar-refractivity contribution >= 4 is 23.3 Å². The van der Waals surface area contributed by atoms with Crippen LogP contribution in [0.25, 0.3) is 0 Å². The van der Waals surface area contributed by atoms with E-state index in [4.69, 9.17) is 19.8 Å². The molecule has 0 unspecified atom stereocenters. The van der Waals surface area contributed by atoms with Gasteiger partial charge in [-0.1, -0.05) is 25.7 Å².